The zero-order valence-corrected chi connectivity index (χ0v) is 30.2. The van der Waals surface area contributed by atoms with Crippen molar-refractivity contribution in [1.29, 1.82) is 0 Å². The Morgan fingerprint density at radius 2 is 1.75 bits per heavy atom. The van der Waals surface area contributed by atoms with E-state index in [1.807, 2.05) is 20.8 Å². The van der Waals surface area contributed by atoms with Crippen LogP contribution < -0.4 is 0 Å². The molecule has 10 atom stereocenters. The van der Waals surface area contributed by atoms with Crippen molar-refractivity contribution in [3.8, 4) is 0 Å². The van der Waals surface area contributed by atoms with Crippen LogP contribution in [0.3, 0.4) is 0 Å². The summed E-state index contributed by atoms with van der Waals surface area (Å²) in [5, 5.41) is 0. The molecule has 268 valence electrons. The molecule has 4 rings (SSSR count). The molecule has 0 aromatic rings. The molecular weight excluding hydrogens is 620 g/mol. The van der Waals surface area contributed by atoms with E-state index in [4.69, 9.17) is 33.5 Å². The van der Waals surface area contributed by atoms with E-state index in [-0.39, 0.29) is 17.9 Å². The maximum atomic E-state index is 14.3. The first-order valence-corrected chi connectivity index (χ1v) is 16.9. The largest absolute Gasteiger partial charge is 0.462 e. The summed E-state index contributed by atoms with van der Waals surface area (Å²) in [5.41, 5.74) is -4.63. The van der Waals surface area contributed by atoms with Crippen LogP contribution >= 0.6 is 0 Å². The molecule has 3 saturated heterocycles. The molecule has 3 aliphatic heterocycles. The second-order valence-corrected chi connectivity index (χ2v) is 14.8. The first-order chi connectivity index (χ1) is 22.5. The van der Waals surface area contributed by atoms with Crippen LogP contribution in [0, 0.1) is 34.0 Å². The second kappa shape index (κ2) is 15.1. The standard InChI is InChI=1S/C35H50O10.C2H4O/c1-11-13-15-16-22(23(40-10)17-14-12-2)29(37)43-27-30(38)44-45-35-26-21(4)28(36)42-24(26)19-33(35,8)34(27,9)25(32(5,6)7)18-20(3)41-31(35)39;1-2-3/h11,13,15-16,20-21,23-27H,1,12,14,17-19H2,2-10H3;2H,1H3/b15-13-,22-16+;/t20?,21-,23?,24?,25-,26?,27?,33?,34?,35?;/m0./s1. The minimum Gasteiger partial charge on any atom is -0.462 e. The fourth-order valence-electron chi connectivity index (χ4n) is 8.75. The van der Waals surface area contributed by atoms with Gasteiger partial charge in [0.1, 0.15) is 12.4 Å². The third-order valence-corrected chi connectivity index (χ3v) is 11.1. The van der Waals surface area contributed by atoms with E-state index in [1.54, 1.807) is 38.2 Å². The van der Waals surface area contributed by atoms with Crippen molar-refractivity contribution < 1.29 is 52.7 Å². The predicted octanol–water partition coefficient (Wildman–Crippen LogP) is 5.80. The molecule has 1 saturated carbocycles. The molecule has 0 amide bonds. The highest BCUT2D eigenvalue weighted by molar-refractivity contribution is 5.93. The fraction of sp³-hybridized carbons (Fsp3) is 0.703. The number of rotatable bonds is 9. The molecule has 0 N–H and O–H groups in total. The number of carbonyl (C=O) groups is 5. The van der Waals surface area contributed by atoms with Gasteiger partial charge in [-0.15, -0.1) is 0 Å². The summed E-state index contributed by atoms with van der Waals surface area (Å²) in [6.45, 7) is 20.6. The van der Waals surface area contributed by atoms with E-state index in [0.717, 1.165) is 19.1 Å². The first-order valence-electron chi connectivity index (χ1n) is 16.9. The van der Waals surface area contributed by atoms with Gasteiger partial charge in [-0.2, -0.15) is 4.89 Å². The zero-order valence-electron chi connectivity index (χ0n) is 30.2. The van der Waals surface area contributed by atoms with E-state index in [1.165, 1.54) is 14.0 Å². The lowest BCUT2D eigenvalue weighted by Gasteiger charge is -2.59. The summed E-state index contributed by atoms with van der Waals surface area (Å²) in [4.78, 5) is 75.8. The number of cyclic esters (lactones) is 1. The lowest BCUT2D eigenvalue weighted by molar-refractivity contribution is -0.358. The summed E-state index contributed by atoms with van der Waals surface area (Å²) in [6.07, 6.45) is 6.76. The van der Waals surface area contributed by atoms with Crippen LogP contribution in [0.2, 0.25) is 0 Å². The number of methoxy groups -OCH3 is 1. The lowest BCUT2D eigenvalue weighted by Crippen LogP contribution is -2.68. The Morgan fingerprint density at radius 3 is 2.31 bits per heavy atom. The molecule has 8 unspecified atom stereocenters. The summed E-state index contributed by atoms with van der Waals surface area (Å²) in [7, 11) is 1.53. The van der Waals surface area contributed by atoms with Gasteiger partial charge in [0.25, 0.3) is 0 Å². The zero-order chi connectivity index (χ0) is 36.2. The Balaban J connectivity index is 0.00000201. The smallest absolute Gasteiger partial charge is 0.383 e. The molecule has 0 aromatic carbocycles. The normalized spacial score (nSPS) is 36.9. The Labute approximate surface area is 284 Å². The van der Waals surface area contributed by atoms with Gasteiger partial charge < -0.3 is 23.7 Å². The Morgan fingerprint density at radius 1 is 1.10 bits per heavy atom. The van der Waals surface area contributed by atoms with Crippen molar-refractivity contribution in [1.82, 2.24) is 0 Å². The molecule has 11 nitrogen and oxygen atoms in total. The van der Waals surface area contributed by atoms with Gasteiger partial charge in [0.2, 0.25) is 11.7 Å². The molecule has 11 heteroatoms. The Kier molecular flexibility index (Phi) is 12.3. The van der Waals surface area contributed by atoms with Gasteiger partial charge in [-0.05, 0) is 50.5 Å². The number of allylic oxidation sites excluding steroid dienone is 4. The molecule has 1 aliphatic carbocycles. The van der Waals surface area contributed by atoms with Crippen molar-refractivity contribution in [3.05, 3.63) is 36.5 Å². The number of hydrogen-bond donors (Lipinski definition) is 0. The Bertz CT molecular complexity index is 1310. The van der Waals surface area contributed by atoms with Crippen molar-refractivity contribution in [2.24, 2.45) is 34.0 Å². The van der Waals surface area contributed by atoms with Gasteiger partial charge in [0, 0.05) is 17.9 Å². The molecule has 0 radical (unpaired) electrons. The number of ether oxygens (including phenoxy) is 4. The van der Waals surface area contributed by atoms with Crippen LogP contribution in [0.15, 0.2) is 36.5 Å². The highest BCUT2D eigenvalue weighted by atomic mass is 17.2. The quantitative estimate of drug-likeness (QED) is 0.0732. The minimum atomic E-state index is -1.89. The molecule has 2 bridgehead atoms. The van der Waals surface area contributed by atoms with Crippen LogP contribution in [0.5, 0.6) is 0 Å². The van der Waals surface area contributed by atoms with Gasteiger partial charge in [-0.25, -0.2) is 14.4 Å². The number of esters is 3. The van der Waals surface area contributed by atoms with Crippen molar-refractivity contribution in [3.63, 3.8) is 0 Å². The molecule has 4 fully saturated rings. The third kappa shape index (κ3) is 6.52. The molecule has 48 heavy (non-hydrogen) atoms. The maximum absolute atomic E-state index is 14.3. The number of fused-ring (bicyclic) bond motifs is 1. The summed E-state index contributed by atoms with van der Waals surface area (Å²) in [6, 6.07) is 0. The average molecular weight is 675 g/mol. The molecule has 4 aliphatic rings. The SMILES string of the molecule is C=C/C=C\C=C(\C(=O)OC1C(=O)OOC23C(=O)OC(C)C[C@@H](C(C)(C)C)C1(C)C2(C)CC1OC(=O)[C@@H](C)C13)C(CCCC)OC.CC=O. The summed E-state index contributed by atoms with van der Waals surface area (Å²) < 4.78 is 23.9. The lowest BCUT2D eigenvalue weighted by atomic mass is 9.45. The maximum Gasteiger partial charge on any atom is 0.383 e. The van der Waals surface area contributed by atoms with Crippen LogP contribution in [0.4, 0.5) is 0 Å². The number of hydrogen-bond acceptors (Lipinski definition) is 11. The van der Waals surface area contributed by atoms with Crippen LogP contribution in [0.25, 0.3) is 0 Å². The highest BCUT2D eigenvalue weighted by Crippen LogP contribution is 2.71. The highest BCUT2D eigenvalue weighted by Gasteiger charge is 2.83. The summed E-state index contributed by atoms with van der Waals surface area (Å²) >= 11 is 0. The first kappa shape index (κ1) is 39.1. The monoisotopic (exact) mass is 674 g/mol. The Hall–Kier alpha value is -3.31. The molecule has 3 heterocycles. The van der Waals surface area contributed by atoms with Crippen LogP contribution in [0.1, 0.15) is 94.4 Å². The van der Waals surface area contributed by atoms with Crippen molar-refractivity contribution in [2.75, 3.05) is 7.11 Å². The van der Waals surface area contributed by atoms with E-state index < -0.39 is 82.0 Å². The average Bonchev–Trinajstić information content (AvgIpc) is 3.41. The van der Waals surface area contributed by atoms with Crippen LogP contribution in [-0.4, -0.2) is 67.3 Å². The second-order valence-electron chi connectivity index (χ2n) is 14.8. The summed E-state index contributed by atoms with van der Waals surface area (Å²) in [5.74, 6) is -4.74. The van der Waals surface area contributed by atoms with Gasteiger partial charge in [-0.1, -0.05) is 86.1 Å². The van der Waals surface area contributed by atoms with E-state index in [2.05, 4.69) is 27.4 Å². The number of unbranched alkanes of at least 4 members (excludes halogenated alkanes) is 1. The molecule has 0 aromatic heterocycles. The van der Waals surface area contributed by atoms with Crippen LogP contribution in [-0.2, 0) is 52.7 Å². The van der Waals surface area contributed by atoms with Crippen molar-refractivity contribution >= 4 is 30.2 Å². The van der Waals surface area contributed by atoms with Crippen molar-refractivity contribution in [2.45, 2.75) is 124 Å². The fourth-order valence-corrected chi connectivity index (χ4v) is 8.75. The van der Waals surface area contributed by atoms with Gasteiger partial charge in [-0.3, -0.25) is 9.68 Å². The van der Waals surface area contributed by atoms with E-state index >= 15 is 0 Å². The topological polar surface area (TPSA) is 141 Å². The molecule has 0 spiro atoms. The third-order valence-electron chi connectivity index (χ3n) is 11.1. The van der Waals surface area contributed by atoms with Gasteiger partial charge in [0.05, 0.1) is 29.6 Å². The van der Waals surface area contributed by atoms with Gasteiger partial charge >= 0.3 is 23.9 Å². The van der Waals surface area contributed by atoms with Gasteiger partial charge in [0.15, 0.2) is 0 Å². The molecular formula is C37H54O11. The van der Waals surface area contributed by atoms with E-state index in [0.29, 0.717) is 12.8 Å². The van der Waals surface area contributed by atoms with E-state index in [9.17, 15) is 19.2 Å². The number of aldehydes is 1. The predicted molar refractivity (Wildman–Crippen MR) is 176 cm³/mol. The number of carbonyl (C=O) groups excluding carboxylic acids is 5. The minimum absolute atomic E-state index is 0.174.